The van der Waals surface area contributed by atoms with E-state index in [9.17, 15) is 10.1 Å². The molecule has 6 heteroatoms. The summed E-state index contributed by atoms with van der Waals surface area (Å²) in [6.07, 6.45) is 0.771. The van der Waals surface area contributed by atoms with Crippen molar-refractivity contribution in [2.24, 2.45) is 0 Å². The summed E-state index contributed by atoms with van der Waals surface area (Å²) in [5, 5.41) is 24.6. The maximum Gasteiger partial charge on any atom is 0.410 e. The van der Waals surface area contributed by atoms with Crippen molar-refractivity contribution in [2.75, 3.05) is 5.32 Å². The monoisotopic (exact) mass is 270 g/mol. The number of aromatic nitrogens is 2. The molecule has 2 N–H and O–H groups in total. The fraction of sp³-hybridized carbons (Fsp3) is 0.357. The van der Waals surface area contributed by atoms with Gasteiger partial charge in [-0.3, -0.25) is 5.32 Å². The summed E-state index contributed by atoms with van der Waals surface area (Å²) in [7, 11) is 0. The maximum absolute atomic E-state index is 10.8. The van der Waals surface area contributed by atoms with Crippen LogP contribution in [0.5, 0.6) is 0 Å². The second kappa shape index (κ2) is 3.97. The zero-order valence-corrected chi connectivity index (χ0v) is 11.3. The largest absolute Gasteiger partial charge is 0.465 e. The normalized spacial score (nSPS) is 15.8. The number of aryl methyl sites for hydroxylation is 1. The molecule has 0 aromatic carbocycles. The van der Waals surface area contributed by atoms with Crippen molar-refractivity contribution in [2.45, 2.75) is 32.1 Å². The summed E-state index contributed by atoms with van der Waals surface area (Å²) < 4.78 is 1.71. The van der Waals surface area contributed by atoms with E-state index in [-0.39, 0.29) is 16.8 Å². The lowest BCUT2D eigenvalue weighted by Crippen LogP contribution is -2.17. The Labute approximate surface area is 115 Å². The first-order valence-corrected chi connectivity index (χ1v) is 6.39. The van der Waals surface area contributed by atoms with Crippen molar-refractivity contribution < 1.29 is 9.90 Å². The van der Waals surface area contributed by atoms with Crippen LogP contribution in [0.25, 0.3) is 5.52 Å². The average Bonchev–Trinajstić information content (AvgIpc) is 2.85. The van der Waals surface area contributed by atoms with Crippen molar-refractivity contribution in [1.82, 2.24) is 9.61 Å². The van der Waals surface area contributed by atoms with Crippen LogP contribution in [-0.2, 0) is 11.8 Å². The van der Waals surface area contributed by atoms with Gasteiger partial charge in [0, 0.05) is 5.41 Å². The highest BCUT2D eigenvalue weighted by molar-refractivity contribution is 5.86. The number of amides is 1. The number of rotatable bonds is 1. The van der Waals surface area contributed by atoms with Crippen LogP contribution in [0.3, 0.4) is 0 Å². The molecule has 0 bridgehead atoms. The van der Waals surface area contributed by atoms with Crippen molar-refractivity contribution in [3.05, 3.63) is 29.0 Å². The quantitative estimate of drug-likeness (QED) is 0.833. The number of fused-ring (bicyclic) bond motifs is 3. The zero-order chi connectivity index (χ0) is 14.5. The van der Waals surface area contributed by atoms with Gasteiger partial charge in [-0.15, -0.1) is 5.10 Å². The SMILES string of the molecule is CC1(C)CCc2ccc3c(C#N)c(NC(=O)O)nn3c21. The van der Waals surface area contributed by atoms with E-state index in [1.165, 1.54) is 5.56 Å². The first-order chi connectivity index (χ1) is 9.44. The number of nitriles is 1. The molecule has 0 saturated carbocycles. The van der Waals surface area contributed by atoms with Crippen LogP contribution in [-0.4, -0.2) is 20.8 Å². The molecule has 0 unspecified atom stereocenters. The van der Waals surface area contributed by atoms with Crippen LogP contribution in [0.4, 0.5) is 10.6 Å². The lowest BCUT2D eigenvalue weighted by Gasteiger charge is -2.19. The Morgan fingerprint density at radius 1 is 1.55 bits per heavy atom. The van der Waals surface area contributed by atoms with Crippen molar-refractivity contribution >= 4 is 17.4 Å². The number of hydrogen-bond donors (Lipinski definition) is 2. The molecule has 20 heavy (non-hydrogen) atoms. The van der Waals surface area contributed by atoms with E-state index in [1.807, 2.05) is 18.2 Å². The molecule has 6 nitrogen and oxygen atoms in total. The topological polar surface area (TPSA) is 90.4 Å². The number of anilines is 1. The molecule has 0 spiro atoms. The predicted molar refractivity (Wildman–Crippen MR) is 72.9 cm³/mol. The highest BCUT2D eigenvalue weighted by Crippen LogP contribution is 2.39. The second-order valence-corrected chi connectivity index (χ2v) is 5.65. The Morgan fingerprint density at radius 3 is 2.95 bits per heavy atom. The van der Waals surface area contributed by atoms with Gasteiger partial charge in [-0.05, 0) is 24.5 Å². The summed E-state index contributed by atoms with van der Waals surface area (Å²) in [6, 6.07) is 5.87. The first kappa shape index (κ1) is 12.5. The van der Waals surface area contributed by atoms with Gasteiger partial charge in [0.15, 0.2) is 5.82 Å². The molecule has 1 aliphatic rings. The average molecular weight is 270 g/mol. The summed E-state index contributed by atoms with van der Waals surface area (Å²) >= 11 is 0. The van der Waals surface area contributed by atoms with E-state index in [0.29, 0.717) is 5.52 Å². The van der Waals surface area contributed by atoms with Crippen LogP contribution >= 0.6 is 0 Å². The molecule has 2 heterocycles. The van der Waals surface area contributed by atoms with Gasteiger partial charge >= 0.3 is 6.09 Å². The van der Waals surface area contributed by atoms with Gasteiger partial charge in [-0.2, -0.15) is 5.26 Å². The van der Waals surface area contributed by atoms with E-state index in [0.717, 1.165) is 18.5 Å². The van der Waals surface area contributed by atoms with E-state index in [1.54, 1.807) is 4.52 Å². The number of nitrogens with one attached hydrogen (secondary N) is 1. The Bertz CT molecular complexity index is 768. The molecule has 0 aliphatic heterocycles. The van der Waals surface area contributed by atoms with Crippen molar-refractivity contribution in [3.8, 4) is 6.07 Å². The van der Waals surface area contributed by atoms with E-state index >= 15 is 0 Å². The van der Waals surface area contributed by atoms with Crippen molar-refractivity contribution in [1.29, 1.82) is 5.26 Å². The molecule has 0 radical (unpaired) electrons. The molecule has 1 aliphatic carbocycles. The van der Waals surface area contributed by atoms with Gasteiger partial charge in [0.2, 0.25) is 0 Å². The number of nitrogens with zero attached hydrogens (tertiary/aromatic N) is 3. The van der Waals surface area contributed by atoms with E-state index in [2.05, 4.69) is 24.3 Å². The Kier molecular flexibility index (Phi) is 2.48. The Hall–Kier alpha value is -2.55. The lowest BCUT2D eigenvalue weighted by molar-refractivity contribution is 0.209. The predicted octanol–water partition coefficient (Wildman–Crippen LogP) is 2.52. The highest BCUT2D eigenvalue weighted by atomic mass is 16.4. The van der Waals surface area contributed by atoms with Crippen LogP contribution < -0.4 is 5.32 Å². The van der Waals surface area contributed by atoms with Crippen LogP contribution in [0.1, 0.15) is 37.1 Å². The number of carboxylic acid groups (broad SMARTS) is 1. The molecular formula is C14H14N4O2. The summed E-state index contributed by atoms with van der Waals surface area (Å²) in [5.74, 6) is 0.0936. The Morgan fingerprint density at radius 2 is 2.30 bits per heavy atom. The molecule has 1 amide bonds. The van der Waals surface area contributed by atoms with Gasteiger partial charge in [-0.1, -0.05) is 19.9 Å². The summed E-state index contributed by atoms with van der Waals surface area (Å²) in [6.45, 7) is 4.27. The second-order valence-electron chi connectivity index (χ2n) is 5.65. The van der Waals surface area contributed by atoms with Gasteiger partial charge < -0.3 is 5.11 Å². The summed E-state index contributed by atoms with van der Waals surface area (Å²) in [5.41, 5.74) is 3.14. The molecule has 102 valence electrons. The third-order valence-electron chi connectivity index (χ3n) is 3.88. The lowest BCUT2D eigenvalue weighted by atomic mass is 9.90. The van der Waals surface area contributed by atoms with Gasteiger partial charge in [0.1, 0.15) is 11.6 Å². The van der Waals surface area contributed by atoms with Crippen LogP contribution in [0, 0.1) is 11.3 Å². The fourth-order valence-electron chi connectivity index (χ4n) is 2.94. The minimum Gasteiger partial charge on any atom is -0.465 e. The van der Waals surface area contributed by atoms with Crippen molar-refractivity contribution in [3.63, 3.8) is 0 Å². The van der Waals surface area contributed by atoms with Gasteiger partial charge in [-0.25, -0.2) is 9.31 Å². The van der Waals surface area contributed by atoms with E-state index in [4.69, 9.17) is 5.11 Å². The van der Waals surface area contributed by atoms with Gasteiger partial charge in [0.25, 0.3) is 0 Å². The molecule has 2 aromatic rings. The minimum atomic E-state index is -1.22. The van der Waals surface area contributed by atoms with Crippen LogP contribution in [0.2, 0.25) is 0 Å². The molecule has 0 atom stereocenters. The minimum absolute atomic E-state index is 0.0336. The number of carbonyl (C=O) groups is 1. The molecular weight excluding hydrogens is 256 g/mol. The third-order valence-corrected chi connectivity index (χ3v) is 3.88. The molecule has 2 aromatic heterocycles. The first-order valence-electron chi connectivity index (χ1n) is 6.39. The Balaban J connectivity index is 2.33. The van der Waals surface area contributed by atoms with E-state index < -0.39 is 6.09 Å². The zero-order valence-electron chi connectivity index (χ0n) is 11.3. The number of pyridine rings is 1. The third kappa shape index (κ3) is 1.63. The molecule has 0 fully saturated rings. The molecule has 3 rings (SSSR count). The standard InChI is InChI=1S/C14H14N4O2/c1-14(2)6-5-8-3-4-10-9(7-15)12(16-13(19)20)17-18(10)11(8)14/h3-4H,5-6H2,1-2H3,(H,16,17)(H,19,20). The highest BCUT2D eigenvalue weighted by Gasteiger charge is 2.33. The maximum atomic E-state index is 10.8. The fourth-order valence-corrected chi connectivity index (χ4v) is 2.94. The summed E-state index contributed by atoms with van der Waals surface area (Å²) in [4.78, 5) is 10.8. The van der Waals surface area contributed by atoms with Gasteiger partial charge in [0.05, 0.1) is 11.2 Å². The number of hydrogen-bond acceptors (Lipinski definition) is 3. The smallest absolute Gasteiger partial charge is 0.410 e. The van der Waals surface area contributed by atoms with Crippen LogP contribution in [0.15, 0.2) is 12.1 Å². The molecule has 0 saturated heterocycles.